The molecule has 108 valence electrons. The van der Waals surface area contributed by atoms with Gasteiger partial charge in [-0.2, -0.15) is 0 Å². The lowest BCUT2D eigenvalue weighted by Crippen LogP contribution is -2.43. The summed E-state index contributed by atoms with van der Waals surface area (Å²) in [5.74, 6) is -1.17. The molecule has 0 bridgehead atoms. The topological polar surface area (TPSA) is 27.7 Å². The fraction of sp³-hybridized carbons (Fsp3) is 0.600. The molecule has 5 heteroatoms. The summed E-state index contributed by atoms with van der Waals surface area (Å²) in [7, 11) is 0. The number of fused-ring (bicyclic) bond motifs is 3. The van der Waals surface area contributed by atoms with Gasteiger partial charge in [0, 0.05) is 24.3 Å². The number of halogens is 2. The summed E-state index contributed by atoms with van der Waals surface area (Å²) >= 11 is 0. The van der Waals surface area contributed by atoms with Crippen molar-refractivity contribution in [3.63, 3.8) is 0 Å². The zero-order valence-electron chi connectivity index (χ0n) is 11.0. The van der Waals surface area contributed by atoms with Gasteiger partial charge < -0.3 is 14.2 Å². The van der Waals surface area contributed by atoms with Crippen molar-refractivity contribution in [2.75, 3.05) is 19.8 Å². The molecule has 20 heavy (non-hydrogen) atoms. The van der Waals surface area contributed by atoms with Gasteiger partial charge >= 0.3 is 0 Å². The summed E-state index contributed by atoms with van der Waals surface area (Å²) in [5, 5.41) is 0. The zero-order chi connectivity index (χ0) is 13.7. The number of hydrogen-bond donors (Lipinski definition) is 0. The van der Waals surface area contributed by atoms with Crippen molar-refractivity contribution < 1.29 is 23.0 Å². The molecule has 4 rings (SSSR count). The van der Waals surface area contributed by atoms with E-state index in [1.54, 1.807) is 0 Å². The van der Waals surface area contributed by atoms with Crippen molar-refractivity contribution in [1.82, 2.24) is 0 Å². The predicted octanol–water partition coefficient (Wildman–Crippen LogP) is 2.98. The van der Waals surface area contributed by atoms with Gasteiger partial charge in [-0.1, -0.05) is 0 Å². The highest BCUT2D eigenvalue weighted by atomic mass is 19.1. The molecule has 0 aromatic heterocycles. The van der Waals surface area contributed by atoms with Gasteiger partial charge in [-0.3, -0.25) is 0 Å². The van der Waals surface area contributed by atoms with Crippen LogP contribution in [0.2, 0.25) is 0 Å². The average Bonchev–Trinajstić information content (AvgIpc) is 2.90. The Hall–Kier alpha value is -1.20. The van der Waals surface area contributed by atoms with Crippen LogP contribution in [0.15, 0.2) is 12.1 Å². The Morgan fingerprint density at radius 2 is 1.85 bits per heavy atom. The normalized spacial score (nSPS) is 30.7. The first-order valence-corrected chi connectivity index (χ1v) is 7.07. The van der Waals surface area contributed by atoms with E-state index < -0.39 is 11.6 Å². The Labute approximate surface area is 115 Å². The van der Waals surface area contributed by atoms with Crippen LogP contribution in [0, 0.1) is 17.6 Å². The van der Waals surface area contributed by atoms with E-state index in [-0.39, 0.29) is 23.4 Å². The fourth-order valence-corrected chi connectivity index (χ4v) is 3.80. The molecule has 3 aliphatic rings. The van der Waals surface area contributed by atoms with Crippen molar-refractivity contribution in [3.8, 4) is 5.75 Å². The minimum atomic E-state index is -0.522. The van der Waals surface area contributed by atoms with E-state index in [1.165, 1.54) is 6.07 Å². The number of ether oxygens (including phenoxy) is 3. The van der Waals surface area contributed by atoms with Gasteiger partial charge in [-0.05, 0) is 24.5 Å². The van der Waals surface area contributed by atoms with Gasteiger partial charge in [0.25, 0.3) is 0 Å². The quantitative estimate of drug-likeness (QED) is 0.732. The molecule has 1 saturated heterocycles. The lowest BCUT2D eigenvalue weighted by molar-refractivity contribution is -0.193. The first-order valence-electron chi connectivity index (χ1n) is 7.07. The van der Waals surface area contributed by atoms with Crippen molar-refractivity contribution in [2.24, 2.45) is 5.92 Å². The molecule has 2 heterocycles. The van der Waals surface area contributed by atoms with Crippen molar-refractivity contribution in [2.45, 2.75) is 31.0 Å². The second-order valence-electron chi connectivity index (χ2n) is 5.80. The third kappa shape index (κ3) is 1.76. The molecule has 2 aliphatic heterocycles. The van der Waals surface area contributed by atoms with Crippen LogP contribution >= 0.6 is 0 Å². The Bertz CT molecular complexity index is 540. The van der Waals surface area contributed by atoms with Gasteiger partial charge in [-0.15, -0.1) is 0 Å². The van der Waals surface area contributed by atoms with Crippen LogP contribution in [0.25, 0.3) is 0 Å². The minimum absolute atomic E-state index is 0.00660. The maximum Gasteiger partial charge on any atom is 0.168 e. The molecule has 0 radical (unpaired) electrons. The van der Waals surface area contributed by atoms with E-state index >= 15 is 0 Å². The van der Waals surface area contributed by atoms with Gasteiger partial charge in [0.2, 0.25) is 0 Å². The van der Waals surface area contributed by atoms with E-state index in [1.807, 2.05) is 0 Å². The monoisotopic (exact) mass is 282 g/mol. The highest BCUT2D eigenvalue weighted by Crippen LogP contribution is 2.51. The number of hydrogen-bond acceptors (Lipinski definition) is 3. The standard InChI is InChI=1S/C15H16F2O3/c16-11-1-2-12(17)14-13(11)10-3-4-15(19-5-6-20-15)7-9(10)8-18-14/h1-2,9-10H,3-8H2/t9-,10?/m1/s1. The third-order valence-electron chi connectivity index (χ3n) is 4.70. The van der Waals surface area contributed by atoms with Crippen LogP contribution in [0.1, 0.15) is 30.7 Å². The lowest BCUT2D eigenvalue weighted by atomic mass is 9.71. The second kappa shape index (κ2) is 4.40. The molecular weight excluding hydrogens is 266 g/mol. The van der Waals surface area contributed by atoms with E-state index in [0.29, 0.717) is 31.8 Å². The van der Waals surface area contributed by atoms with Crippen molar-refractivity contribution in [1.29, 1.82) is 0 Å². The SMILES string of the molecule is Fc1ccc(F)c2c1OC[C@H]1CC3(CCC21)OCCO3. The third-order valence-corrected chi connectivity index (χ3v) is 4.70. The summed E-state index contributed by atoms with van der Waals surface area (Å²) in [6.07, 6.45) is 2.15. The summed E-state index contributed by atoms with van der Waals surface area (Å²) in [6, 6.07) is 2.31. The Morgan fingerprint density at radius 3 is 2.65 bits per heavy atom. The van der Waals surface area contributed by atoms with Gasteiger partial charge in [0.1, 0.15) is 5.82 Å². The molecule has 1 aromatic carbocycles. The zero-order valence-corrected chi connectivity index (χ0v) is 11.0. The van der Waals surface area contributed by atoms with Crippen LogP contribution < -0.4 is 4.74 Å². The summed E-state index contributed by atoms with van der Waals surface area (Å²) in [5.41, 5.74) is 0.397. The van der Waals surface area contributed by atoms with Crippen LogP contribution in [-0.2, 0) is 9.47 Å². The highest BCUT2D eigenvalue weighted by molar-refractivity contribution is 5.41. The second-order valence-corrected chi connectivity index (χ2v) is 5.80. The molecule has 2 fully saturated rings. The van der Waals surface area contributed by atoms with E-state index in [2.05, 4.69) is 0 Å². The average molecular weight is 282 g/mol. The van der Waals surface area contributed by atoms with Gasteiger partial charge in [0.15, 0.2) is 17.4 Å². The molecule has 1 unspecified atom stereocenters. The smallest absolute Gasteiger partial charge is 0.168 e. The van der Waals surface area contributed by atoms with Gasteiger partial charge in [-0.25, -0.2) is 8.78 Å². The highest BCUT2D eigenvalue weighted by Gasteiger charge is 2.48. The number of rotatable bonds is 0. The molecule has 1 saturated carbocycles. The van der Waals surface area contributed by atoms with E-state index in [9.17, 15) is 8.78 Å². The fourth-order valence-electron chi connectivity index (χ4n) is 3.80. The van der Waals surface area contributed by atoms with Crippen LogP contribution in [0.5, 0.6) is 5.75 Å². The Balaban J connectivity index is 1.68. The van der Waals surface area contributed by atoms with Crippen molar-refractivity contribution in [3.05, 3.63) is 29.3 Å². The minimum Gasteiger partial charge on any atom is -0.490 e. The molecule has 1 spiro atoms. The predicted molar refractivity (Wildman–Crippen MR) is 66.6 cm³/mol. The van der Waals surface area contributed by atoms with Gasteiger partial charge in [0.05, 0.1) is 19.8 Å². The molecular formula is C15H16F2O3. The lowest BCUT2D eigenvalue weighted by Gasteiger charge is -2.43. The molecule has 0 amide bonds. The Kier molecular flexibility index (Phi) is 2.76. The Morgan fingerprint density at radius 1 is 1.10 bits per heavy atom. The largest absolute Gasteiger partial charge is 0.490 e. The number of benzene rings is 1. The van der Waals surface area contributed by atoms with Crippen LogP contribution in [0.4, 0.5) is 8.78 Å². The summed E-state index contributed by atoms with van der Waals surface area (Å²) in [6.45, 7) is 1.61. The van der Waals surface area contributed by atoms with Crippen LogP contribution in [-0.4, -0.2) is 25.6 Å². The molecule has 1 aromatic rings. The maximum absolute atomic E-state index is 14.1. The van der Waals surface area contributed by atoms with E-state index in [4.69, 9.17) is 14.2 Å². The van der Waals surface area contributed by atoms with E-state index in [0.717, 1.165) is 18.9 Å². The molecule has 2 atom stereocenters. The molecule has 0 N–H and O–H groups in total. The first kappa shape index (κ1) is 12.5. The molecule has 1 aliphatic carbocycles. The first-order chi connectivity index (χ1) is 9.69. The van der Waals surface area contributed by atoms with Crippen molar-refractivity contribution >= 4 is 0 Å². The maximum atomic E-state index is 14.1. The summed E-state index contributed by atoms with van der Waals surface area (Å²) in [4.78, 5) is 0. The molecule has 3 nitrogen and oxygen atoms in total. The summed E-state index contributed by atoms with van der Waals surface area (Å²) < 4.78 is 44.8. The van der Waals surface area contributed by atoms with Crippen LogP contribution in [0.3, 0.4) is 0 Å².